The Bertz CT molecular complexity index is 544. The van der Waals surface area contributed by atoms with E-state index in [4.69, 9.17) is 0 Å². The van der Waals surface area contributed by atoms with Crippen LogP contribution in [-0.2, 0) is 5.41 Å². The average Bonchev–Trinajstić information content (AvgIpc) is 2.67. The summed E-state index contributed by atoms with van der Waals surface area (Å²) in [7, 11) is 0. The van der Waals surface area contributed by atoms with Crippen molar-refractivity contribution in [2.75, 3.05) is 6.61 Å². The molecule has 1 atom stereocenters. The number of aliphatic hydroxyl groups is 1. The molecule has 0 amide bonds. The zero-order valence-electron chi connectivity index (χ0n) is 9.62. The summed E-state index contributed by atoms with van der Waals surface area (Å²) in [5, 5.41) is 10.8. The second-order valence-electron chi connectivity index (χ2n) is 5.40. The Labute approximate surface area is 94.5 Å². The quantitative estimate of drug-likeness (QED) is 0.808. The SMILES string of the molecule is CC1(C)CC1(CO)c1c[nH]c2ncccc12. The molecule has 2 aromatic rings. The number of hydrogen-bond donors (Lipinski definition) is 2. The molecule has 1 unspecified atom stereocenters. The number of H-pyrrole nitrogens is 1. The molecule has 0 bridgehead atoms. The van der Waals surface area contributed by atoms with Crippen LogP contribution < -0.4 is 0 Å². The van der Waals surface area contributed by atoms with Gasteiger partial charge < -0.3 is 10.1 Å². The maximum atomic E-state index is 9.69. The summed E-state index contributed by atoms with van der Waals surface area (Å²) in [6.07, 6.45) is 4.83. The summed E-state index contributed by atoms with van der Waals surface area (Å²) in [5.74, 6) is 0. The molecule has 3 rings (SSSR count). The van der Waals surface area contributed by atoms with Crippen LogP contribution >= 0.6 is 0 Å². The summed E-state index contributed by atoms with van der Waals surface area (Å²) >= 11 is 0. The Kier molecular flexibility index (Phi) is 1.76. The van der Waals surface area contributed by atoms with E-state index in [1.807, 2.05) is 12.3 Å². The highest BCUT2D eigenvalue weighted by molar-refractivity contribution is 5.81. The molecular formula is C13H16N2O. The van der Waals surface area contributed by atoms with Gasteiger partial charge in [0.1, 0.15) is 5.65 Å². The molecule has 0 spiro atoms. The van der Waals surface area contributed by atoms with Gasteiger partial charge in [0.25, 0.3) is 0 Å². The minimum Gasteiger partial charge on any atom is -0.395 e. The summed E-state index contributed by atoms with van der Waals surface area (Å²) in [5.41, 5.74) is 2.23. The minimum absolute atomic E-state index is 0.0751. The number of aromatic nitrogens is 2. The van der Waals surface area contributed by atoms with Gasteiger partial charge in [0.15, 0.2) is 0 Å². The van der Waals surface area contributed by atoms with Crippen LogP contribution in [0.1, 0.15) is 25.8 Å². The van der Waals surface area contributed by atoms with E-state index in [1.54, 1.807) is 6.20 Å². The Morgan fingerprint density at radius 3 is 2.88 bits per heavy atom. The standard InChI is InChI=1S/C13H16N2O/c1-12(2)7-13(12,8-16)10-6-15-11-9(10)4-3-5-14-11/h3-6,16H,7-8H2,1-2H3,(H,14,15). The molecule has 1 saturated carbocycles. The molecule has 0 radical (unpaired) electrons. The van der Waals surface area contributed by atoms with E-state index in [0.29, 0.717) is 0 Å². The Morgan fingerprint density at radius 2 is 2.25 bits per heavy atom. The molecule has 1 aliphatic rings. The van der Waals surface area contributed by atoms with Gasteiger partial charge in [-0.3, -0.25) is 0 Å². The van der Waals surface area contributed by atoms with Crippen LogP contribution in [-0.4, -0.2) is 21.7 Å². The first kappa shape index (κ1) is 9.85. The van der Waals surface area contributed by atoms with Gasteiger partial charge in [0.05, 0.1) is 6.61 Å². The first-order valence-electron chi connectivity index (χ1n) is 5.64. The third kappa shape index (κ3) is 1.04. The summed E-state index contributed by atoms with van der Waals surface area (Å²) in [4.78, 5) is 7.47. The molecule has 2 aromatic heterocycles. The summed E-state index contributed by atoms with van der Waals surface area (Å²) in [6, 6.07) is 4.01. The lowest BCUT2D eigenvalue weighted by Crippen LogP contribution is -2.18. The summed E-state index contributed by atoms with van der Waals surface area (Å²) in [6.45, 7) is 4.62. The maximum Gasteiger partial charge on any atom is 0.137 e. The number of hydrogen-bond acceptors (Lipinski definition) is 2. The van der Waals surface area contributed by atoms with Crippen LogP contribution in [0, 0.1) is 5.41 Å². The molecule has 1 fully saturated rings. The highest BCUT2D eigenvalue weighted by Crippen LogP contribution is 2.64. The second-order valence-corrected chi connectivity index (χ2v) is 5.40. The van der Waals surface area contributed by atoms with E-state index in [9.17, 15) is 5.11 Å². The monoisotopic (exact) mass is 216 g/mol. The summed E-state index contributed by atoms with van der Waals surface area (Å²) < 4.78 is 0. The van der Waals surface area contributed by atoms with Crippen LogP contribution in [0.2, 0.25) is 0 Å². The van der Waals surface area contributed by atoms with Crippen molar-refractivity contribution in [3.05, 3.63) is 30.1 Å². The fourth-order valence-corrected chi connectivity index (χ4v) is 2.88. The van der Waals surface area contributed by atoms with Gasteiger partial charge in [0.2, 0.25) is 0 Å². The van der Waals surface area contributed by atoms with Gasteiger partial charge in [-0.05, 0) is 29.5 Å². The van der Waals surface area contributed by atoms with E-state index < -0.39 is 0 Å². The normalized spacial score (nSPS) is 27.2. The zero-order chi connectivity index (χ0) is 11.4. The van der Waals surface area contributed by atoms with E-state index in [0.717, 1.165) is 17.5 Å². The van der Waals surface area contributed by atoms with E-state index in [2.05, 4.69) is 29.9 Å². The predicted octanol–water partition coefficient (Wildman–Crippen LogP) is 2.22. The van der Waals surface area contributed by atoms with Crippen molar-refractivity contribution < 1.29 is 5.11 Å². The van der Waals surface area contributed by atoms with Crippen LogP contribution in [0.25, 0.3) is 11.0 Å². The number of pyridine rings is 1. The molecule has 0 aromatic carbocycles. The molecule has 3 heteroatoms. The predicted molar refractivity (Wildman–Crippen MR) is 63.3 cm³/mol. The van der Waals surface area contributed by atoms with Gasteiger partial charge in [0, 0.05) is 23.2 Å². The molecule has 0 aliphatic heterocycles. The smallest absolute Gasteiger partial charge is 0.137 e. The molecule has 2 N–H and O–H groups in total. The zero-order valence-corrected chi connectivity index (χ0v) is 9.62. The average molecular weight is 216 g/mol. The van der Waals surface area contributed by atoms with Crippen molar-refractivity contribution in [1.29, 1.82) is 0 Å². The van der Waals surface area contributed by atoms with E-state index >= 15 is 0 Å². The van der Waals surface area contributed by atoms with Gasteiger partial charge >= 0.3 is 0 Å². The van der Waals surface area contributed by atoms with Crippen LogP contribution in [0.3, 0.4) is 0 Å². The Hall–Kier alpha value is -1.35. The molecule has 0 saturated heterocycles. The number of aliphatic hydroxyl groups excluding tert-OH is 1. The van der Waals surface area contributed by atoms with Gasteiger partial charge in [-0.2, -0.15) is 0 Å². The van der Waals surface area contributed by atoms with Crippen molar-refractivity contribution in [1.82, 2.24) is 9.97 Å². The number of nitrogens with one attached hydrogen (secondary N) is 1. The van der Waals surface area contributed by atoms with E-state index in [-0.39, 0.29) is 17.4 Å². The van der Waals surface area contributed by atoms with Gasteiger partial charge in [-0.25, -0.2) is 4.98 Å². The molecule has 84 valence electrons. The van der Waals surface area contributed by atoms with Crippen LogP contribution in [0.4, 0.5) is 0 Å². The van der Waals surface area contributed by atoms with Gasteiger partial charge in [-0.15, -0.1) is 0 Å². The number of rotatable bonds is 2. The number of nitrogens with zero attached hydrogens (tertiary/aromatic N) is 1. The highest BCUT2D eigenvalue weighted by atomic mass is 16.3. The third-order valence-corrected chi connectivity index (χ3v) is 4.15. The Morgan fingerprint density at radius 1 is 1.50 bits per heavy atom. The molecule has 16 heavy (non-hydrogen) atoms. The lowest BCUT2D eigenvalue weighted by Gasteiger charge is -2.16. The molecule has 1 aliphatic carbocycles. The first-order valence-corrected chi connectivity index (χ1v) is 5.64. The first-order chi connectivity index (χ1) is 7.61. The third-order valence-electron chi connectivity index (χ3n) is 4.15. The molecule has 2 heterocycles. The van der Waals surface area contributed by atoms with Crippen molar-refractivity contribution in [2.45, 2.75) is 25.7 Å². The largest absolute Gasteiger partial charge is 0.395 e. The van der Waals surface area contributed by atoms with Crippen LogP contribution in [0.5, 0.6) is 0 Å². The van der Waals surface area contributed by atoms with Crippen molar-refractivity contribution in [3.63, 3.8) is 0 Å². The second kappa shape index (κ2) is 2.86. The van der Waals surface area contributed by atoms with Gasteiger partial charge in [-0.1, -0.05) is 13.8 Å². The highest BCUT2D eigenvalue weighted by Gasteiger charge is 2.62. The molecular weight excluding hydrogens is 200 g/mol. The molecule has 3 nitrogen and oxygen atoms in total. The van der Waals surface area contributed by atoms with Crippen LogP contribution in [0.15, 0.2) is 24.5 Å². The lowest BCUT2D eigenvalue weighted by molar-refractivity contribution is 0.232. The number of aromatic amines is 1. The van der Waals surface area contributed by atoms with E-state index in [1.165, 1.54) is 5.56 Å². The Balaban J connectivity index is 2.20. The fraction of sp³-hybridized carbons (Fsp3) is 0.462. The van der Waals surface area contributed by atoms with Crippen molar-refractivity contribution in [3.8, 4) is 0 Å². The van der Waals surface area contributed by atoms with Crippen molar-refractivity contribution in [2.24, 2.45) is 5.41 Å². The maximum absolute atomic E-state index is 9.69. The minimum atomic E-state index is -0.0751. The fourth-order valence-electron chi connectivity index (χ4n) is 2.88. The lowest BCUT2D eigenvalue weighted by atomic mass is 9.89. The number of fused-ring (bicyclic) bond motifs is 1. The topological polar surface area (TPSA) is 48.9 Å². The van der Waals surface area contributed by atoms with Crippen molar-refractivity contribution >= 4 is 11.0 Å².